The molecule has 2 rings (SSSR count). The predicted octanol–water partition coefficient (Wildman–Crippen LogP) is 2.75. The first-order valence-electron chi connectivity index (χ1n) is 4.12. The van der Waals surface area contributed by atoms with Crippen molar-refractivity contribution in [1.82, 2.24) is 0 Å². The molecule has 0 atom stereocenters. The first kappa shape index (κ1) is 9.94. The molecule has 1 heterocycles. The van der Waals surface area contributed by atoms with Crippen molar-refractivity contribution in [3.05, 3.63) is 47.5 Å². The van der Waals surface area contributed by atoms with Crippen molar-refractivity contribution in [3.8, 4) is 0 Å². The molecule has 1 nitrogen and oxygen atoms in total. The Labute approximate surface area is 98.7 Å². The van der Waals surface area contributed by atoms with E-state index in [1.807, 2.05) is 28.7 Å². The maximum atomic E-state index is 3.15. The minimum atomic E-state index is 1.11. The summed E-state index contributed by atoms with van der Waals surface area (Å²) in [7, 11) is 0. The van der Waals surface area contributed by atoms with Crippen molar-refractivity contribution in [2.45, 2.75) is 4.90 Å². The number of allylic oxidation sites excluding steroid dienone is 2. The fourth-order valence-electron chi connectivity index (χ4n) is 1.13. The molecule has 3 heteroatoms. The zero-order valence-electron chi connectivity index (χ0n) is 7.27. The van der Waals surface area contributed by atoms with Gasteiger partial charge in [-0.1, -0.05) is 0 Å². The third-order valence-corrected chi connectivity index (χ3v) is 3.21. The Bertz CT molecular complexity index is 410. The van der Waals surface area contributed by atoms with Gasteiger partial charge in [-0.3, -0.25) is 0 Å². The van der Waals surface area contributed by atoms with E-state index in [0.29, 0.717) is 0 Å². The number of thioether (sulfide) groups is 1. The molecule has 1 aliphatic rings. The van der Waals surface area contributed by atoms with E-state index in [0.717, 1.165) is 10.6 Å². The van der Waals surface area contributed by atoms with Gasteiger partial charge >= 0.3 is 98.9 Å². The first-order chi connectivity index (χ1) is 6.90. The van der Waals surface area contributed by atoms with Gasteiger partial charge in [0.1, 0.15) is 0 Å². The van der Waals surface area contributed by atoms with Crippen LogP contribution in [0.2, 0.25) is 0 Å². The number of rotatable bonds is 2. The zero-order valence-corrected chi connectivity index (χ0v) is 10.4. The summed E-state index contributed by atoms with van der Waals surface area (Å²) in [6, 6.07) is 8.23. The van der Waals surface area contributed by atoms with E-state index in [4.69, 9.17) is 0 Å². The van der Waals surface area contributed by atoms with Gasteiger partial charge in [-0.25, -0.2) is 0 Å². The van der Waals surface area contributed by atoms with Crippen LogP contribution in [0.1, 0.15) is 0 Å². The van der Waals surface area contributed by atoms with E-state index < -0.39 is 0 Å². The Kier molecular flexibility index (Phi) is 3.39. The summed E-state index contributed by atoms with van der Waals surface area (Å²) in [4.78, 5) is 2.36. The van der Waals surface area contributed by atoms with E-state index >= 15 is 0 Å². The van der Waals surface area contributed by atoms with Crippen LogP contribution < -0.4 is 5.32 Å². The van der Waals surface area contributed by atoms with Crippen molar-refractivity contribution >= 4 is 21.9 Å². The second-order valence-electron chi connectivity index (χ2n) is 2.68. The number of nitrogens with one attached hydrogen (secondary N) is 1. The van der Waals surface area contributed by atoms with Gasteiger partial charge in [0, 0.05) is 0 Å². The topological polar surface area (TPSA) is 12.0 Å². The number of anilines is 1. The number of benzene rings is 1. The molecule has 0 saturated heterocycles. The fourth-order valence-corrected chi connectivity index (χ4v) is 2.21. The molecule has 0 saturated carbocycles. The fraction of sp³-hybridized carbons (Fsp3) is 0. The summed E-state index contributed by atoms with van der Waals surface area (Å²) in [6.07, 6.45) is 7.18. The SMILES string of the molecule is [Pt]=[CH]/C=C\C1=[C-]Nc2ccccc2S1. The molecule has 0 unspecified atom stereocenters. The third kappa shape index (κ3) is 2.26. The van der Waals surface area contributed by atoms with Crippen molar-refractivity contribution < 1.29 is 19.4 Å². The normalized spacial score (nSPS) is 14.6. The summed E-state index contributed by atoms with van der Waals surface area (Å²) in [5, 5.41) is 3.15. The summed E-state index contributed by atoms with van der Waals surface area (Å²) in [5.74, 6) is 0. The van der Waals surface area contributed by atoms with Gasteiger partial charge in [0.15, 0.2) is 0 Å². The van der Waals surface area contributed by atoms with Gasteiger partial charge in [-0.2, -0.15) is 0 Å². The molecule has 0 radical (unpaired) electrons. The second-order valence-corrected chi connectivity index (χ2v) is 4.52. The maximum absolute atomic E-state index is 3.15. The molecule has 1 aliphatic heterocycles. The van der Waals surface area contributed by atoms with Crippen LogP contribution in [0.5, 0.6) is 0 Å². The number of fused-ring (bicyclic) bond motifs is 1. The Morgan fingerprint density at radius 1 is 1.36 bits per heavy atom. The van der Waals surface area contributed by atoms with Gasteiger partial charge in [-0.15, -0.1) is 0 Å². The summed E-state index contributed by atoms with van der Waals surface area (Å²) in [5.41, 5.74) is 1.13. The number of hydrogen-bond donors (Lipinski definition) is 1. The van der Waals surface area contributed by atoms with Gasteiger partial charge in [-0.05, 0) is 0 Å². The second kappa shape index (κ2) is 4.77. The van der Waals surface area contributed by atoms with Gasteiger partial charge in [0.2, 0.25) is 0 Å². The first-order valence-corrected chi connectivity index (χ1v) is 6.25. The molecule has 0 aromatic heterocycles. The van der Waals surface area contributed by atoms with Crippen molar-refractivity contribution in [2.24, 2.45) is 0 Å². The van der Waals surface area contributed by atoms with Crippen LogP contribution in [0.4, 0.5) is 5.69 Å². The van der Waals surface area contributed by atoms with Gasteiger partial charge in [0.25, 0.3) is 0 Å². The van der Waals surface area contributed by atoms with Crippen LogP contribution in [0.25, 0.3) is 0 Å². The average molecular weight is 381 g/mol. The molecular formula is C11H8NPtS-. The molecule has 0 aliphatic carbocycles. The van der Waals surface area contributed by atoms with Crippen LogP contribution in [0.3, 0.4) is 0 Å². The molecule has 1 aromatic rings. The van der Waals surface area contributed by atoms with Crippen molar-refractivity contribution in [2.75, 3.05) is 5.32 Å². The molecule has 74 valence electrons. The standard InChI is InChI=1S/C11H8NS.Pt/c1-2-5-9-8-12-10-6-3-4-7-11(10)13-9;/h1-7,12H;/q-1;/b5-2-;. The Balaban J connectivity index is 2.21. The average Bonchev–Trinajstić information content (AvgIpc) is 2.26. The van der Waals surface area contributed by atoms with Crippen LogP contribution in [0, 0.1) is 6.20 Å². The van der Waals surface area contributed by atoms with Crippen molar-refractivity contribution in [3.63, 3.8) is 0 Å². The Morgan fingerprint density at radius 2 is 2.21 bits per heavy atom. The molecule has 0 bridgehead atoms. The van der Waals surface area contributed by atoms with Crippen molar-refractivity contribution in [1.29, 1.82) is 0 Å². The summed E-state index contributed by atoms with van der Waals surface area (Å²) >= 11 is 3.92. The zero-order chi connectivity index (χ0) is 9.80. The van der Waals surface area contributed by atoms with E-state index in [-0.39, 0.29) is 0 Å². The monoisotopic (exact) mass is 381 g/mol. The third-order valence-electron chi connectivity index (χ3n) is 1.74. The molecule has 0 fully saturated rings. The van der Waals surface area contributed by atoms with Crippen LogP contribution in [0.15, 0.2) is 46.2 Å². The van der Waals surface area contributed by atoms with Crippen LogP contribution in [-0.4, -0.2) is 4.40 Å². The van der Waals surface area contributed by atoms with Crippen LogP contribution >= 0.6 is 11.8 Å². The molecule has 0 spiro atoms. The summed E-state index contributed by atoms with van der Waals surface area (Å²) in [6.45, 7) is 0. The molecule has 1 N–H and O–H groups in total. The molecular weight excluding hydrogens is 373 g/mol. The van der Waals surface area contributed by atoms with E-state index in [1.54, 1.807) is 11.8 Å². The molecule has 0 amide bonds. The van der Waals surface area contributed by atoms with E-state index in [1.165, 1.54) is 4.90 Å². The molecule has 14 heavy (non-hydrogen) atoms. The van der Waals surface area contributed by atoms with Crippen LogP contribution in [-0.2, 0) is 19.4 Å². The van der Waals surface area contributed by atoms with Gasteiger partial charge in [0.05, 0.1) is 0 Å². The quantitative estimate of drug-likeness (QED) is 0.791. The summed E-state index contributed by atoms with van der Waals surface area (Å²) < 4.78 is 1.98. The van der Waals surface area contributed by atoms with Gasteiger partial charge < -0.3 is 0 Å². The minimum absolute atomic E-state index is 1.11. The van der Waals surface area contributed by atoms with E-state index in [2.05, 4.69) is 43.0 Å². The van der Waals surface area contributed by atoms with E-state index in [9.17, 15) is 0 Å². The number of para-hydroxylation sites is 1. The number of hydrogen-bond acceptors (Lipinski definition) is 2. The molecule has 1 aromatic carbocycles. The predicted molar refractivity (Wildman–Crippen MR) is 57.9 cm³/mol. The Hall–Kier alpha value is -0.592. The Morgan fingerprint density at radius 3 is 3.07 bits per heavy atom.